The number of aliphatic hydroxyl groups is 1. The standard InChI is InChI=1S/C16H15F2NO4S/c17-12-2-4-16(13(18)8-12)24(21,22)19-9-14(20)10-1-3-15-11(7-10)5-6-23-15/h1-4,7-8,14,19-20H,5-6,9H2. The largest absolute Gasteiger partial charge is 0.493 e. The molecule has 1 atom stereocenters. The molecule has 0 aromatic heterocycles. The molecule has 0 radical (unpaired) electrons. The van der Waals surface area contributed by atoms with E-state index in [9.17, 15) is 22.3 Å². The second-order valence-electron chi connectivity index (χ2n) is 5.41. The van der Waals surface area contributed by atoms with Crippen molar-refractivity contribution in [3.05, 3.63) is 59.2 Å². The molecular formula is C16H15F2NO4S. The first-order chi connectivity index (χ1) is 11.4. The molecule has 2 aromatic carbocycles. The summed E-state index contributed by atoms with van der Waals surface area (Å²) in [6.07, 6.45) is -0.378. The number of hydrogen-bond donors (Lipinski definition) is 2. The minimum Gasteiger partial charge on any atom is -0.493 e. The van der Waals surface area contributed by atoms with Gasteiger partial charge in [0.15, 0.2) is 0 Å². The summed E-state index contributed by atoms with van der Waals surface area (Å²) >= 11 is 0. The van der Waals surface area contributed by atoms with Crippen LogP contribution < -0.4 is 9.46 Å². The van der Waals surface area contributed by atoms with Crippen molar-refractivity contribution in [3.8, 4) is 5.75 Å². The zero-order valence-electron chi connectivity index (χ0n) is 12.5. The molecule has 0 aliphatic carbocycles. The van der Waals surface area contributed by atoms with Crippen LogP contribution >= 0.6 is 0 Å². The highest BCUT2D eigenvalue weighted by Crippen LogP contribution is 2.28. The van der Waals surface area contributed by atoms with E-state index in [0.717, 1.165) is 29.9 Å². The minimum atomic E-state index is -4.20. The first-order valence-electron chi connectivity index (χ1n) is 7.25. The lowest BCUT2D eigenvalue weighted by Crippen LogP contribution is -2.29. The van der Waals surface area contributed by atoms with Crippen LogP contribution in [-0.4, -0.2) is 26.7 Å². The van der Waals surface area contributed by atoms with Gasteiger partial charge in [-0.25, -0.2) is 21.9 Å². The van der Waals surface area contributed by atoms with Crippen molar-refractivity contribution in [3.63, 3.8) is 0 Å². The van der Waals surface area contributed by atoms with Gasteiger partial charge in [0, 0.05) is 19.0 Å². The maximum atomic E-state index is 13.6. The van der Waals surface area contributed by atoms with Gasteiger partial charge in [-0.05, 0) is 35.4 Å². The smallest absolute Gasteiger partial charge is 0.243 e. The van der Waals surface area contributed by atoms with E-state index < -0.39 is 32.7 Å². The Morgan fingerprint density at radius 2 is 2.00 bits per heavy atom. The third-order valence-corrected chi connectivity index (χ3v) is 5.21. The molecule has 1 aliphatic rings. The van der Waals surface area contributed by atoms with Gasteiger partial charge in [0.05, 0.1) is 12.7 Å². The summed E-state index contributed by atoms with van der Waals surface area (Å²) in [6, 6.07) is 7.29. The van der Waals surface area contributed by atoms with Gasteiger partial charge in [-0.1, -0.05) is 6.07 Å². The summed E-state index contributed by atoms with van der Waals surface area (Å²) in [6.45, 7) is 0.240. The Morgan fingerprint density at radius 1 is 1.21 bits per heavy atom. The van der Waals surface area contributed by atoms with Gasteiger partial charge in [-0.15, -0.1) is 0 Å². The Kier molecular flexibility index (Phi) is 4.53. The Morgan fingerprint density at radius 3 is 2.75 bits per heavy atom. The molecule has 0 saturated heterocycles. The number of halogens is 2. The zero-order chi connectivity index (χ0) is 17.3. The van der Waals surface area contributed by atoms with E-state index in [-0.39, 0.29) is 6.54 Å². The molecule has 1 aliphatic heterocycles. The number of rotatable bonds is 5. The maximum absolute atomic E-state index is 13.6. The number of sulfonamides is 1. The van der Waals surface area contributed by atoms with E-state index in [4.69, 9.17) is 4.74 Å². The molecule has 1 unspecified atom stereocenters. The fraction of sp³-hybridized carbons (Fsp3) is 0.250. The molecule has 3 rings (SSSR count). The zero-order valence-corrected chi connectivity index (χ0v) is 13.3. The van der Waals surface area contributed by atoms with Crippen LogP contribution in [0.1, 0.15) is 17.2 Å². The third-order valence-electron chi connectivity index (χ3n) is 3.75. The number of benzene rings is 2. The first-order valence-corrected chi connectivity index (χ1v) is 8.73. The van der Waals surface area contributed by atoms with Crippen molar-refractivity contribution in [2.24, 2.45) is 0 Å². The number of aliphatic hydroxyl groups excluding tert-OH is 1. The molecule has 128 valence electrons. The molecule has 0 amide bonds. The average Bonchev–Trinajstić information content (AvgIpc) is 2.99. The first kappa shape index (κ1) is 16.8. The highest BCUT2D eigenvalue weighted by Gasteiger charge is 2.22. The fourth-order valence-electron chi connectivity index (χ4n) is 2.49. The molecule has 1 heterocycles. The summed E-state index contributed by atoms with van der Waals surface area (Å²) < 4.78 is 58.1. The summed E-state index contributed by atoms with van der Waals surface area (Å²) in [5, 5.41) is 10.2. The Labute approximate surface area is 137 Å². The Balaban J connectivity index is 1.72. The monoisotopic (exact) mass is 355 g/mol. The van der Waals surface area contributed by atoms with Crippen LogP contribution in [0.2, 0.25) is 0 Å². The summed E-state index contributed by atoms with van der Waals surface area (Å²) in [7, 11) is -4.20. The quantitative estimate of drug-likeness (QED) is 0.859. The van der Waals surface area contributed by atoms with Gasteiger partial charge in [0.2, 0.25) is 10.0 Å². The highest BCUT2D eigenvalue weighted by atomic mass is 32.2. The van der Waals surface area contributed by atoms with Crippen molar-refractivity contribution in [2.45, 2.75) is 17.4 Å². The predicted molar refractivity (Wildman–Crippen MR) is 82.1 cm³/mol. The Hall–Kier alpha value is -2.03. The lowest BCUT2D eigenvalue weighted by atomic mass is 10.0. The summed E-state index contributed by atoms with van der Waals surface area (Å²) in [4.78, 5) is -0.668. The summed E-state index contributed by atoms with van der Waals surface area (Å²) in [5.41, 5.74) is 1.47. The van der Waals surface area contributed by atoms with Gasteiger partial charge in [0.1, 0.15) is 22.3 Å². The van der Waals surface area contributed by atoms with Gasteiger partial charge in [-0.2, -0.15) is 0 Å². The molecular weight excluding hydrogens is 340 g/mol. The molecule has 8 heteroatoms. The van der Waals surface area contributed by atoms with Gasteiger partial charge in [0.25, 0.3) is 0 Å². The molecule has 2 N–H and O–H groups in total. The topological polar surface area (TPSA) is 75.6 Å². The van der Waals surface area contributed by atoms with Crippen molar-refractivity contribution in [1.82, 2.24) is 4.72 Å². The van der Waals surface area contributed by atoms with Crippen LogP contribution in [0, 0.1) is 11.6 Å². The number of nitrogens with one attached hydrogen (secondary N) is 1. The molecule has 0 spiro atoms. The van der Waals surface area contributed by atoms with Crippen LogP contribution in [0.3, 0.4) is 0 Å². The third kappa shape index (κ3) is 3.40. The van der Waals surface area contributed by atoms with Gasteiger partial charge in [-0.3, -0.25) is 0 Å². The minimum absolute atomic E-state index is 0.335. The van der Waals surface area contributed by atoms with E-state index in [1.165, 1.54) is 0 Å². The van der Waals surface area contributed by atoms with E-state index in [2.05, 4.69) is 4.72 Å². The van der Waals surface area contributed by atoms with Crippen LogP contribution in [-0.2, 0) is 16.4 Å². The lowest BCUT2D eigenvalue weighted by molar-refractivity contribution is 0.182. The highest BCUT2D eigenvalue weighted by molar-refractivity contribution is 7.89. The average molecular weight is 355 g/mol. The van der Waals surface area contributed by atoms with E-state index >= 15 is 0 Å². The molecule has 0 bridgehead atoms. The fourth-order valence-corrected chi connectivity index (χ4v) is 3.59. The lowest BCUT2D eigenvalue weighted by Gasteiger charge is -2.14. The van der Waals surface area contributed by atoms with Crippen LogP contribution in [0.4, 0.5) is 8.78 Å². The van der Waals surface area contributed by atoms with E-state index in [1.807, 2.05) is 0 Å². The van der Waals surface area contributed by atoms with E-state index in [0.29, 0.717) is 18.2 Å². The van der Waals surface area contributed by atoms with Crippen molar-refractivity contribution < 1.29 is 27.0 Å². The number of hydrogen-bond acceptors (Lipinski definition) is 4. The molecule has 2 aromatic rings. The molecule has 5 nitrogen and oxygen atoms in total. The predicted octanol–water partition coefficient (Wildman–Crippen LogP) is 1.91. The van der Waals surface area contributed by atoms with Gasteiger partial charge >= 0.3 is 0 Å². The summed E-state index contributed by atoms with van der Waals surface area (Å²) in [5.74, 6) is -1.31. The Bertz CT molecular complexity index is 870. The van der Waals surface area contributed by atoms with Crippen molar-refractivity contribution in [1.29, 1.82) is 0 Å². The normalized spacial score (nSPS) is 15.0. The van der Waals surface area contributed by atoms with Gasteiger partial charge < -0.3 is 9.84 Å². The van der Waals surface area contributed by atoms with Crippen molar-refractivity contribution in [2.75, 3.05) is 13.2 Å². The van der Waals surface area contributed by atoms with E-state index in [1.54, 1.807) is 18.2 Å². The van der Waals surface area contributed by atoms with Crippen LogP contribution in [0.25, 0.3) is 0 Å². The second kappa shape index (κ2) is 6.46. The van der Waals surface area contributed by atoms with Crippen molar-refractivity contribution >= 4 is 10.0 Å². The number of fused-ring (bicyclic) bond motifs is 1. The molecule has 0 fully saturated rings. The SMILES string of the molecule is O=S(=O)(NCC(O)c1ccc2c(c1)CCO2)c1ccc(F)cc1F. The van der Waals surface area contributed by atoms with Crippen LogP contribution in [0.5, 0.6) is 5.75 Å². The molecule has 0 saturated carbocycles. The maximum Gasteiger partial charge on any atom is 0.243 e. The second-order valence-corrected chi connectivity index (χ2v) is 7.14. The number of ether oxygens (including phenoxy) is 1. The molecule has 24 heavy (non-hydrogen) atoms. The van der Waals surface area contributed by atoms with Crippen LogP contribution in [0.15, 0.2) is 41.3 Å².